The molecule has 188 valence electrons. The van der Waals surface area contributed by atoms with Crippen molar-refractivity contribution in [1.29, 1.82) is 0 Å². The first-order valence-corrected chi connectivity index (χ1v) is 13.0. The monoisotopic (exact) mass is 488 g/mol. The lowest BCUT2D eigenvalue weighted by Crippen LogP contribution is -2.41. The maximum Gasteiger partial charge on any atom is 0.296 e. The summed E-state index contributed by atoms with van der Waals surface area (Å²) in [5.74, 6) is 0.0951. The van der Waals surface area contributed by atoms with E-state index in [1.54, 1.807) is 0 Å². The zero-order chi connectivity index (χ0) is 24.7. The van der Waals surface area contributed by atoms with Crippen LogP contribution in [-0.2, 0) is 19.7 Å². The molecule has 1 spiro atoms. The Balaban J connectivity index is 1.24. The maximum absolute atomic E-state index is 13.6. The summed E-state index contributed by atoms with van der Waals surface area (Å²) in [5, 5.41) is 9.45. The molecule has 1 aromatic heterocycles. The predicted octanol–water partition coefficient (Wildman–Crippen LogP) is 5.14. The van der Waals surface area contributed by atoms with Gasteiger partial charge in [-0.15, -0.1) is 0 Å². The van der Waals surface area contributed by atoms with Gasteiger partial charge in [-0.25, -0.2) is 0 Å². The largest absolute Gasteiger partial charge is 0.423 e. The number of rotatable bonds is 5. The molecule has 3 N–H and O–H groups in total. The molecule has 1 unspecified atom stereocenters. The Morgan fingerprint density at radius 3 is 2.72 bits per heavy atom. The van der Waals surface area contributed by atoms with E-state index in [0.717, 1.165) is 53.6 Å². The number of para-hydroxylation sites is 1. The Bertz CT molecular complexity index is 1300. The highest BCUT2D eigenvalue weighted by Crippen LogP contribution is 2.45. The molecule has 2 fully saturated rings. The average molecular weight is 489 g/mol. The van der Waals surface area contributed by atoms with Crippen molar-refractivity contribution in [3.8, 4) is 0 Å². The van der Waals surface area contributed by atoms with Crippen molar-refractivity contribution in [2.45, 2.75) is 63.3 Å². The first-order valence-electron chi connectivity index (χ1n) is 13.0. The van der Waals surface area contributed by atoms with Gasteiger partial charge in [-0.3, -0.25) is 9.59 Å². The fraction of sp³-hybridized carbons (Fsp3) is 0.464. The van der Waals surface area contributed by atoms with E-state index in [4.69, 9.17) is 9.15 Å². The van der Waals surface area contributed by atoms with E-state index < -0.39 is 11.5 Å². The summed E-state index contributed by atoms with van der Waals surface area (Å²) >= 11 is 0. The van der Waals surface area contributed by atoms with Crippen LogP contribution in [0.5, 0.6) is 0 Å². The molecule has 3 aromatic rings. The molecule has 1 saturated carbocycles. The SMILES string of the molecule is Cc1cccc2nc(NC(C(=O)Nc3ccc4c(c3)NC(=O)C43CCOCC3)C3CCCCC3)oc12. The maximum atomic E-state index is 13.6. The zero-order valence-corrected chi connectivity index (χ0v) is 20.6. The molecule has 2 aliphatic heterocycles. The minimum absolute atomic E-state index is 0.0253. The molecule has 1 atom stereocenters. The number of hydrogen-bond donors (Lipinski definition) is 3. The number of anilines is 3. The number of aryl methyl sites for hydroxylation is 1. The zero-order valence-electron chi connectivity index (χ0n) is 20.6. The summed E-state index contributed by atoms with van der Waals surface area (Å²) < 4.78 is 11.5. The van der Waals surface area contributed by atoms with Crippen LogP contribution in [-0.4, -0.2) is 36.1 Å². The molecule has 1 aliphatic carbocycles. The summed E-state index contributed by atoms with van der Waals surface area (Å²) in [7, 11) is 0. The summed E-state index contributed by atoms with van der Waals surface area (Å²) in [6.07, 6.45) is 6.73. The van der Waals surface area contributed by atoms with E-state index in [-0.39, 0.29) is 17.7 Å². The topological polar surface area (TPSA) is 105 Å². The van der Waals surface area contributed by atoms with Gasteiger partial charge >= 0.3 is 0 Å². The number of carbonyl (C=O) groups excluding carboxylic acids is 2. The summed E-state index contributed by atoms with van der Waals surface area (Å²) in [5.41, 5.74) is 4.44. The molecule has 3 aliphatic rings. The van der Waals surface area contributed by atoms with Crippen LogP contribution in [0, 0.1) is 12.8 Å². The predicted molar refractivity (Wildman–Crippen MR) is 138 cm³/mol. The van der Waals surface area contributed by atoms with Crippen molar-refractivity contribution in [3.63, 3.8) is 0 Å². The second-order valence-corrected chi connectivity index (χ2v) is 10.4. The van der Waals surface area contributed by atoms with Crippen LogP contribution >= 0.6 is 0 Å². The molecule has 8 heteroatoms. The molecular weight excluding hydrogens is 456 g/mol. The normalized spacial score (nSPS) is 20.2. The number of fused-ring (bicyclic) bond motifs is 3. The van der Waals surface area contributed by atoms with Crippen molar-refractivity contribution in [2.24, 2.45) is 5.92 Å². The van der Waals surface area contributed by atoms with Crippen molar-refractivity contribution >= 4 is 40.3 Å². The van der Waals surface area contributed by atoms with Gasteiger partial charge in [-0.05, 0) is 67.9 Å². The molecular formula is C28H32N4O4. The first kappa shape index (κ1) is 23.0. The van der Waals surface area contributed by atoms with Gasteiger partial charge in [-0.1, -0.05) is 37.5 Å². The summed E-state index contributed by atoms with van der Waals surface area (Å²) in [6, 6.07) is 11.5. The Morgan fingerprint density at radius 2 is 1.94 bits per heavy atom. The Kier molecular flexibility index (Phi) is 5.91. The van der Waals surface area contributed by atoms with E-state index in [1.807, 2.05) is 43.3 Å². The highest BCUT2D eigenvalue weighted by Gasteiger charge is 2.47. The number of nitrogens with zero attached hydrogens (tertiary/aromatic N) is 1. The number of ether oxygens (including phenoxy) is 1. The molecule has 2 aromatic carbocycles. The van der Waals surface area contributed by atoms with Crippen LogP contribution in [0.2, 0.25) is 0 Å². The summed E-state index contributed by atoms with van der Waals surface area (Å²) in [4.78, 5) is 31.1. The van der Waals surface area contributed by atoms with Crippen molar-refractivity contribution in [3.05, 3.63) is 47.5 Å². The van der Waals surface area contributed by atoms with E-state index in [2.05, 4.69) is 20.9 Å². The van der Waals surface area contributed by atoms with Gasteiger partial charge in [0.2, 0.25) is 11.8 Å². The van der Waals surface area contributed by atoms with Crippen molar-refractivity contribution in [1.82, 2.24) is 4.98 Å². The molecule has 0 radical (unpaired) electrons. The number of benzene rings is 2. The van der Waals surface area contributed by atoms with Gasteiger partial charge in [0.1, 0.15) is 11.6 Å². The number of aromatic nitrogens is 1. The van der Waals surface area contributed by atoms with E-state index >= 15 is 0 Å². The number of hydrogen-bond acceptors (Lipinski definition) is 6. The molecule has 3 heterocycles. The highest BCUT2D eigenvalue weighted by molar-refractivity contribution is 6.07. The molecule has 36 heavy (non-hydrogen) atoms. The van der Waals surface area contributed by atoms with Crippen LogP contribution in [0.4, 0.5) is 17.4 Å². The standard InChI is InChI=1S/C28H32N4O4/c1-17-6-5-9-21-24(17)36-27(31-21)32-23(18-7-3-2-4-8-18)25(33)29-19-10-11-20-22(16-19)30-26(34)28(20)12-14-35-15-13-28/h5-6,9-11,16,18,23H,2-4,7-8,12-15H2,1H3,(H,29,33)(H,30,34)(H,31,32). The highest BCUT2D eigenvalue weighted by atomic mass is 16.5. The third kappa shape index (κ3) is 4.03. The molecule has 1 saturated heterocycles. The van der Waals surface area contributed by atoms with Crippen LogP contribution in [0.1, 0.15) is 56.1 Å². The van der Waals surface area contributed by atoms with Gasteiger partial charge in [-0.2, -0.15) is 4.98 Å². The second-order valence-electron chi connectivity index (χ2n) is 10.4. The molecule has 6 rings (SSSR count). The lowest BCUT2D eigenvalue weighted by molar-refractivity contribution is -0.124. The fourth-order valence-corrected chi connectivity index (χ4v) is 6.09. The van der Waals surface area contributed by atoms with E-state index in [9.17, 15) is 9.59 Å². The Morgan fingerprint density at radius 1 is 1.14 bits per heavy atom. The summed E-state index contributed by atoms with van der Waals surface area (Å²) in [6.45, 7) is 3.14. The number of amides is 2. The fourth-order valence-electron chi connectivity index (χ4n) is 6.09. The van der Waals surface area contributed by atoms with Crippen LogP contribution in [0.3, 0.4) is 0 Å². The molecule has 2 amide bonds. The quantitative estimate of drug-likeness (QED) is 0.459. The third-order valence-corrected chi connectivity index (χ3v) is 8.13. The van der Waals surface area contributed by atoms with Gasteiger partial charge in [0.05, 0.1) is 5.41 Å². The van der Waals surface area contributed by atoms with Crippen LogP contribution in [0.25, 0.3) is 11.1 Å². The Labute approximate surface area is 210 Å². The minimum atomic E-state index is -0.520. The number of carbonyl (C=O) groups is 2. The van der Waals surface area contributed by atoms with Gasteiger partial charge in [0.25, 0.3) is 6.01 Å². The number of oxazole rings is 1. The minimum Gasteiger partial charge on any atom is -0.423 e. The van der Waals surface area contributed by atoms with Crippen molar-refractivity contribution in [2.75, 3.05) is 29.2 Å². The number of nitrogens with one attached hydrogen (secondary N) is 3. The molecule has 8 nitrogen and oxygen atoms in total. The van der Waals surface area contributed by atoms with Gasteiger partial charge < -0.3 is 25.1 Å². The van der Waals surface area contributed by atoms with Gasteiger partial charge in [0, 0.05) is 24.6 Å². The lowest BCUT2D eigenvalue weighted by Gasteiger charge is -2.31. The van der Waals surface area contributed by atoms with Crippen LogP contribution in [0.15, 0.2) is 40.8 Å². The lowest BCUT2D eigenvalue weighted by atomic mass is 9.75. The smallest absolute Gasteiger partial charge is 0.296 e. The van der Waals surface area contributed by atoms with E-state index in [0.29, 0.717) is 37.8 Å². The second kappa shape index (κ2) is 9.24. The first-order chi connectivity index (χ1) is 17.5. The third-order valence-electron chi connectivity index (χ3n) is 8.13. The Hall–Kier alpha value is -3.39. The molecule has 0 bridgehead atoms. The average Bonchev–Trinajstić information content (AvgIpc) is 3.43. The van der Waals surface area contributed by atoms with Gasteiger partial charge in [0.15, 0.2) is 5.58 Å². The van der Waals surface area contributed by atoms with Crippen LogP contribution < -0.4 is 16.0 Å². The van der Waals surface area contributed by atoms with E-state index in [1.165, 1.54) is 6.42 Å². The van der Waals surface area contributed by atoms with Crippen molar-refractivity contribution < 1.29 is 18.7 Å².